The first-order valence-corrected chi connectivity index (χ1v) is 10.6. The number of benzene rings is 1. The summed E-state index contributed by atoms with van der Waals surface area (Å²) in [7, 11) is -3.53. The summed E-state index contributed by atoms with van der Waals surface area (Å²) in [6.07, 6.45) is 5.89. The van der Waals surface area contributed by atoms with Crippen molar-refractivity contribution in [3.05, 3.63) is 48.5 Å². The van der Waals surface area contributed by atoms with Crippen LogP contribution in [0.1, 0.15) is 19.4 Å². The molecule has 27 heavy (non-hydrogen) atoms. The van der Waals surface area contributed by atoms with Gasteiger partial charge in [-0.1, -0.05) is 26.0 Å². The Hall–Kier alpha value is -2.19. The van der Waals surface area contributed by atoms with Gasteiger partial charge in [0.15, 0.2) is 0 Å². The summed E-state index contributed by atoms with van der Waals surface area (Å²) >= 11 is 0. The Bertz CT molecular complexity index is 853. The first-order valence-electron chi connectivity index (χ1n) is 9.19. The fraction of sp³-hybridized carbons (Fsp3) is 0.474. The third-order valence-electron chi connectivity index (χ3n) is 4.67. The van der Waals surface area contributed by atoms with Crippen molar-refractivity contribution >= 4 is 15.9 Å². The molecule has 0 aliphatic carbocycles. The van der Waals surface area contributed by atoms with E-state index in [9.17, 15) is 13.2 Å². The summed E-state index contributed by atoms with van der Waals surface area (Å²) in [6, 6.07) is 7.14. The first kappa shape index (κ1) is 19.6. The van der Waals surface area contributed by atoms with Gasteiger partial charge in [0.2, 0.25) is 15.9 Å². The molecule has 1 saturated heterocycles. The maximum Gasteiger partial charge on any atom is 0.243 e. The highest BCUT2D eigenvalue weighted by Gasteiger charge is 2.30. The largest absolute Gasteiger partial charge is 0.339 e. The lowest BCUT2D eigenvalue weighted by atomic mass is 10.0. The second-order valence-electron chi connectivity index (χ2n) is 7.26. The highest BCUT2D eigenvalue weighted by molar-refractivity contribution is 7.89. The van der Waals surface area contributed by atoms with Crippen LogP contribution in [-0.4, -0.2) is 59.3 Å². The number of hydrogen-bond donors (Lipinski definition) is 0. The van der Waals surface area contributed by atoms with Crippen molar-refractivity contribution in [3.63, 3.8) is 0 Å². The summed E-state index contributed by atoms with van der Waals surface area (Å²) in [5, 5.41) is 0. The number of imidazole rings is 1. The van der Waals surface area contributed by atoms with Crippen molar-refractivity contribution in [1.29, 1.82) is 0 Å². The number of nitrogens with zero attached hydrogens (tertiary/aromatic N) is 4. The summed E-state index contributed by atoms with van der Waals surface area (Å²) in [5.74, 6) is 0.503. The van der Waals surface area contributed by atoms with Gasteiger partial charge in [0.1, 0.15) is 6.54 Å². The maximum atomic E-state index is 12.9. The SMILES string of the molecule is CC(C)Cc1ccc(S(=O)(=O)N2CCN(C(=O)Cn3ccnc3)CC2)cc1. The number of amides is 1. The quantitative estimate of drug-likeness (QED) is 0.751. The van der Waals surface area contributed by atoms with Crippen molar-refractivity contribution in [2.24, 2.45) is 5.92 Å². The zero-order valence-electron chi connectivity index (χ0n) is 15.8. The Kier molecular flexibility index (Phi) is 5.96. The molecule has 0 N–H and O–H groups in total. The summed E-state index contributed by atoms with van der Waals surface area (Å²) in [5.41, 5.74) is 1.14. The molecule has 1 aromatic heterocycles. The van der Waals surface area contributed by atoms with Crippen LogP contribution in [0.4, 0.5) is 0 Å². The Morgan fingerprint density at radius 3 is 2.33 bits per heavy atom. The standard InChI is InChI=1S/C19H26N4O3S/c1-16(2)13-17-3-5-18(6-4-17)27(25,26)23-11-9-22(10-12-23)19(24)14-21-8-7-20-15-21/h3-8,15-16H,9-14H2,1-2H3. The third-order valence-corrected chi connectivity index (χ3v) is 6.59. The van der Waals surface area contributed by atoms with Crippen LogP contribution in [0.2, 0.25) is 0 Å². The predicted octanol–water partition coefficient (Wildman–Crippen LogP) is 1.61. The molecule has 2 aromatic rings. The van der Waals surface area contributed by atoms with E-state index >= 15 is 0 Å². The van der Waals surface area contributed by atoms with E-state index in [1.54, 1.807) is 40.3 Å². The van der Waals surface area contributed by atoms with Crippen molar-refractivity contribution in [3.8, 4) is 0 Å². The molecule has 0 spiro atoms. The maximum absolute atomic E-state index is 12.9. The normalized spacial score (nSPS) is 16.0. The van der Waals surface area contributed by atoms with E-state index in [0.29, 0.717) is 37.0 Å². The van der Waals surface area contributed by atoms with Crippen LogP contribution < -0.4 is 0 Å². The summed E-state index contributed by atoms with van der Waals surface area (Å²) in [6.45, 7) is 5.93. The Morgan fingerprint density at radius 2 is 1.78 bits per heavy atom. The molecular formula is C19H26N4O3S. The molecule has 1 aromatic carbocycles. The molecular weight excluding hydrogens is 364 g/mol. The number of piperazine rings is 1. The van der Waals surface area contributed by atoms with Crippen LogP contribution in [0.25, 0.3) is 0 Å². The van der Waals surface area contributed by atoms with Crippen LogP contribution in [0, 0.1) is 5.92 Å². The molecule has 2 heterocycles. The van der Waals surface area contributed by atoms with E-state index < -0.39 is 10.0 Å². The van der Waals surface area contributed by atoms with Gasteiger partial charge < -0.3 is 9.47 Å². The molecule has 0 atom stereocenters. The first-order chi connectivity index (χ1) is 12.9. The van der Waals surface area contributed by atoms with Crippen molar-refractivity contribution in [2.75, 3.05) is 26.2 Å². The van der Waals surface area contributed by atoms with Gasteiger partial charge in [0, 0.05) is 38.6 Å². The van der Waals surface area contributed by atoms with Crippen molar-refractivity contribution in [1.82, 2.24) is 18.8 Å². The van der Waals surface area contributed by atoms with Crippen LogP contribution in [0.5, 0.6) is 0 Å². The van der Waals surface area contributed by atoms with E-state index in [-0.39, 0.29) is 12.5 Å². The minimum Gasteiger partial charge on any atom is -0.339 e. The van der Waals surface area contributed by atoms with Crippen molar-refractivity contribution in [2.45, 2.75) is 31.7 Å². The molecule has 3 rings (SSSR count). The molecule has 8 heteroatoms. The lowest BCUT2D eigenvalue weighted by Gasteiger charge is -2.34. The van der Waals surface area contributed by atoms with Gasteiger partial charge >= 0.3 is 0 Å². The number of rotatable bonds is 6. The van der Waals surface area contributed by atoms with Crippen LogP contribution in [-0.2, 0) is 27.8 Å². The Labute approximate surface area is 160 Å². The van der Waals surface area contributed by atoms with Gasteiger partial charge in [0.25, 0.3) is 0 Å². The van der Waals surface area contributed by atoms with Gasteiger partial charge in [-0.3, -0.25) is 4.79 Å². The molecule has 1 amide bonds. The zero-order valence-corrected chi connectivity index (χ0v) is 16.6. The van der Waals surface area contributed by atoms with Gasteiger partial charge in [-0.05, 0) is 30.0 Å². The smallest absolute Gasteiger partial charge is 0.243 e. The Morgan fingerprint density at radius 1 is 1.11 bits per heavy atom. The molecule has 0 bridgehead atoms. The van der Waals surface area contributed by atoms with Crippen molar-refractivity contribution < 1.29 is 13.2 Å². The minimum atomic E-state index is -3.53. The van der Waals surface area contributed by atoms with Crippen LogP contribution in [0.3, 0.4) is 0 Å². The van der Waals surface area contributed by atoms with Gasteiger partial charge in [0.05, 0.1) is 11.2 Å². The predicted molar refractivity (Wildman–Crippen MR) is 103 cm³/mol. The average molecular weight is 391 g/mol. The van der Waals surface area contributed by atoms with Gasteiger partial charge in [-0.15, -0.1) is 0 Å². The monoisotopic (exact) mass is 390 g/mol. The molecule has 1 fully saturated rings. The molecule has 7 nitrogen and oxygen atoms in total. The fourth-order valence-corrected chi connectivity index (χ4v) is 4.65. The van der Waals surface area contributed by atoms with Gasteiger partial charge in [-0.2, -0.15) is 4.31 Å². The minimum absolute atomic E-state index is 0.0249. The number of aromatic nitrogens is 2. The Balaban J connectivity index is 1.60. The highest BCUT2D eigenvalue weighted by atomic mass is 32.2. The van der Waals surface area contributed by atoms with E-state index in [1.165, 1.54) is 4.31 Å². The fourth-order valence-electron chi connectivity index (χ4n) is 3.23. The van der Waals surface area contributed by atoms with Gasteiger partial charge in [-0.25, -0.2) is 13.4 Å². The molecule has 0 radical (unpaired) electrons. The van der Waals surface area contributed by atoms with E-state index in [2.05, 4.69) is 18.8 Å². The van der Waals surface area contributed by atoms with E-state index in [0.717, 1.165) is 12.0 Å². The number of carbonyl (C=O) groups excluding carboxylic acids is 1. The molecule has 1 aliphatic rings. The van der Waals surface area contributed by atoms with Crippen LogP contribution in [0.15, 0.2) is 47.9 Å². The number of hydrogen-bond acceptors (Lipinski definition) is 4. The summed E-state index contributed by atoms with van der Waals surface area (Å²) < 4.78 is 28.9. The average Bonchev–Trinajstić information content (AvgIpc) is 3.15. The molecule has 1 aliphatic heterocycles. The lowest BCUT2D eigenvalue weighted by molar-refractivity contribution is -0.133. The second-order valence-corrected chi connectivity index (χ2v) is 9.20. The lowest BCUT2D eigenvalue weighted by Crippen LogP contribution is -2.51. The molecule has 146 valence electrons. The van der Waals surface area contributed by atoms with E-state index in [1.807, 2.05) is 12.1 Å². The number of carbonyl (C=O) groups is 1. The number of sulfonamides is 1. The molecule has 0 saturated carbocycles. The molecule has 0 unspecified atom stereocenters. The van der Waals surface area contributed by atoms with Crippen LogP contribution >= 0.6 is 0 Å². The highest BCUT2D eigenvalue weighted by Crippen LogP contribution is 2.19. The second kappa shape index (κ2) is 8.22. The van der Waals surface area contributed by atoms with E-state index in [4.69, 9.17) is 0 Å². The third kappa shape index (κ3) is 4.75. The summed E-state index contributed by atoms with van der Waals surface area (Å²) in [4.78, 5) is 18.3. The zero-order chi connectivity index (χ0) is 19.4. The topological polar surface area (TPSA) is 75.5 Å².